The summed E-state index contributed by atoms with van der Waals surface area (Å²) in [5.74, 6) is 0.105. The Morgan fingerprint density at radius 1 is 1.19 bits per heavy atom. The normalized spacial score (nSPS) is 26.1. The number of aryl methyl sites for hydroxylation is 2. The Hall–Kier alpha value is -1.43. The molecule has 1 aromatic carbocycles. The number of para-hydroxylation sites is 1. The first-order valence-electron chi connectivity index (χ1n) is 10.3. The molecule has 0 unspecified atom stereocenters. The molecule has 1 aliphatic carbocycles. The Bertz CT molecular complexity index is 645. The van der Waals surface area contributed by atoms with Crippen molar-refractivity contribution >= 4 is 11.6 Å². The summed E-state index contributed by atoms with van der Waals surface area (Å²) in [6.07, 6.45) is 5.58. The predicted octanol–water partition coefficient (Wildman–Crippen LogP) is 2.94. The number of amides is 1. The number of hydrogen-bond donors (Lipinski definition) is 2. The standard InChI is InChI=1S/C22H35N3O2/c1-16-7-5-8-17(2)20(16)23-21(27)22(24(3)4)11-13-25(14-12-22)18-9-6-10-19(26)15-18/h5,7-8,18-19,26H,6,9-15H2,1-4H3,(H,23,27)/t18-,19+/m0/s1. The number of piperidine rings is 1. The van der Waals surface area contributed by atoms with Crippen molar-refractivity contribution < 1.29 is 9.90 Å². The van der Waals surface area contributed by atoms with Gasteiger partial charge in [-0.25, -0.2) is 0 Å². The average Bonchev–Trinajstić information content (AvgIpc) is 2.64. The lowest BCUT2D eigenvalue weighted by Crippen LogP contribution is -2.61. The molecule has 1 aliphatic heterocycles. The van der Waals surface area contributed by atoms with Crippen molar-refractivity contribution in [3.8, 4) is 0 Å². The molecule has 1 saturated heterocycles. The fraction of sp³-hybridized carbons (Fsp3) is 0.682. The lowest BCUT2D eigenvalue weighted by Gasteiger charge is -2.47. The fourth-order valence-corrected chi connectivity index (χ4v) is 4.85. The van der Waals surface area contributed by atoms with Crippen LogP contribution in [-0.4, -0.2) is 65.7 Å². The van der Waals surface area contributed by atoms with Crippen LogP contribution in [-0.2, 0) is 4.79 Å². The van der Waals surface area contributed by atoms with Crippen LogP contribution < -0.4 is 5.32 Å². The van der Waals surface area contributed by atoms with Crippen LogP contribution >= 0.6 is 0 Å². The summed E-state index contributed by atoms with van der Waals surface area (Å²) in [5, 5.41) is 13.2. The van der Waals surface area contributed by atoms with E-state index in [1.165, 1.54) is 6.42 Å². The topological polar surface area (TPSA) is 55.8 Å². The molecular weight excluding hydrogens is 338 g/mol. The number of likely N-dealkylation sites (tertiary alicyclic amines) is 1. The highest BCUT2D eigenvalue weighted by Crippen LogP contribution is 2.33. The zero-order valence-corrected chi connectivity index (χ0v) is 17.3. The van der Waals surface area contributed by atoms with Gasteiger partial charge in [0.15, 0.2) is 0 Å². The molecule has 150 valence electrons. The van der Waals surface area contributed by atoms with Crippen molar-refractivity contribution in [2.24, 2.45) is 0 Å². The molecule has 27 heavy (non-hydrogen) atoms. The summed E-state index contributed by atoms with van der Waals surface area (Å²) < 4.78 is 0. The van der Waals surface area contributed by atoms with E-state index in [9.17, 15) is 9.90 Å². The van der Waals surface area contributed by atoms with Gasteiger partial charge >= 0.3 is 0 Å². The molecule has 0 spiro atoms. The summed E-state index contributed by atoms with van der Waals surface area (Å²) in [5.41, 5.74) is 2.68. The number of nitrogens with zero attached hydrogens (tertiary/aromatic N) is 2. The molecule has 2 atom stereocenters. The van der Waals surface area contributed by atoms with Gasteiger partial charge in [0.1, 0.15) is 5.54 Å². The van der Waals surface area contributed by atoms with Crippen LogP contribution in [0.4, 0.5) is 5.69 Å². The number of benzene rings is 1. The molecule has 2 aliphatic rings. The third-order valence-electron chi connectivity index (χ3n) is 6.76. The number of hydrogen-bond acceptors (Lipinski definition) is 4. The number of aliphatic hydroxyl groups excluding tert-OH is 1. The second-order valence-corrected chi connectivity index (χ2v) is 8.66. The van der Waals surface area contributed by atoms with E-state index in [0.717, 1.165) is 62.0 Å². The van der Waals surface area contributed by atoms with Crippen LogP contribution in [0.3, 0.4) is 0 Å². The number of carbonyl (C=O) groups excluding carboxylic acids is 1. The van der Waals surface area contributed by atoms with E-state index >= 15 is 0 Å². The second kappa shape index (κ2) is 8.29. The number of likely N-dealkylation sites (N-methyl/N-ethyl adjacent to an activating group) is 1. The highest BCUT2D eigenvalue weighted by Gasteiger charge is 2.44. The molecule has 3 rings (SSSR count). The van der Waals surface area contributed by atoms with E-state index in [2.05, 4.69) is 15.1 Å². The lowest BCUT2D eigenvalue weighted by molar-refractivity contribution is -0.130. The first-order valence-corrected chi connectivity index (χ1v) is 10.3. The summed E-state index contributed by atoms with van der Waals surface area (Å²) in [7, 11) is 4.04. The van der Waals surface area contributed by atoms with Crippen LogP contribution in [0.2, 0.25) is 0 Å². The van der Waals surface area contributed by atoms with E-state index in [0.29, 0.717) is 6.04 Å². The Labute approximate surface area is 163 Å². The van der Waals surface area contributed by atoms with Crippen molar-refractivity contribution in [2.45, 2.75) is 70.1 Å². The van der Waals surface area contributed by atoms with Crippen molar-refractivity contribution in [3.63, 3.8) is 0 Å². The number of rotatable bonds is 4. The van der Waals surface area contributed by atoms with Gasteiger partial charge < -0.3 is 15.3 Å². The zero-order chi connectivity index (χ0) is 19.6. The van der Waals surface area contributed by atoms with Gasteiger partial charge in [-0.3, -0.25) is 9.69 Å². The molecule has 1 heterocycles. The zero-order valence-electron chi connectivity index (χ0n) is 17.3. The first-order chi connectivity index (χ1) is 12.8. The molecule has 5 heteroatoms. The highest BCUT2D eigenvalue weighted by molar-refractivity contribution is 5.99. The second-order valence-electron chi connectivity index (χ2n) is 8.66. The van der Waals surface area contributed by atoms with Crippen molar-refractivity contribution in [3.05, 3.63) is 29.3 Å². The molecule has 2 fully saturated rings. The summed E-state index contributed by atoms with van der Waals surface area (Å²) in [4.78, 5) is 18.0. The number of carbonyl (C=O) groups is 1. The van der Waals surface area contributed by atoms with Crippen LogP contribution in [0.25, 0.3) is 0 Å². The van der Waals surface area contributed by atoms with Gasteiger partial charge in [-0.2, -0.15) is 0 Å². The minimum absolute atomic E-state index is 0.105. The third kappa shape index (κ3) is 4.20. The van der Waals surface area contributed by atoms with Crippen molar-refractivity contribution in [1.82, 2.24) is 9.80 Å². The molecule has 2 N–H and O–H groups in total. The average molecular weight is 374 g/mol. The van der Waals surface area contributed by atoms with Gasteiger partial charge in [-0.05, 0) is 77.6 Å². The monoisotopic (exact) mass is 373 g/mol. The minimum Gasteiger partial charge on any atom is -0.393 e. The van der Waals surface area contributed by atoms with Gasteiger partial charge in [-0.1, -0.05) is 18.2 Å². The maximum atomic E-state index is 13.4. The van der Waals surface area contributed by atoms with Crippen LogP contribution in [0, 0.1) is 13.8 Å². The smallest absolute Gasteiger partial charge is 0.244 e. The third-order valence-corrected chi connectivity index (χ3v) is 6.76. The Balaban J connectivity index is 1.71. The SMILES string of the molecule is Cc1cccc(C)c1NC(=O)C1(N(C)C)CCN([C@H]2CCC[C@@H](O)C2)CC1. The summed E-state index contributed by atoms with van der Waals surface area (Å²) in [6.45, 7) is 5.91. The van der Waals surface area contributed by atoms with E-state index in [-0.39, 0.29) is 12.0 Å². The molecule has 0 aromatic heterocycles. The molecule has 1 aromatic rings. The van der Waals surface area contributed by atoms with Crippen LogP contribution in [0.15, 0.2) is 18.2 Å². The Kier molecular flexibility index (Phi) is 6.24. The van der Waals surface area contributed by atoms with Crippen LogP contribution in [0.5, 0.6) is 0 Å². The molecule has 0 radical (unpaired) electrons. The number of aliphatic hydroxyl groups is 1. The predicted molar refractivity (Wildman–Crippen MR) is 110 cm³/mol. The van der Waals surface area contributed by atoms with Crippen molar-refractivity contribution in [2.75, 3.05) is 32.5 Å². The molecule has 0 bridgehead atoms. The van der Waals surface area contributed by atoms with E-state index in [1.807, 2.05) is 46.1 Å². The molecule has 1 saturated carbocycles. The molecular formula is C22H35N3O2. The quantitative estimate of drug-likeness (QED) is 0.852. The maximum absolute atomic E-state index is 13.4. The Morgan fingerprint density at radius 2 is 1.81 bits per heavy atom. The van der Waals surface area contributed by atoms with E-state index in [4.69, 9.17) is 0 Å². The lowest BCUT2D eigenvalue weighted by atomic mass is 9.82. The number of anilines is 1. The summed E-state index contributed by atoms with van der Waals surface area (Å²) in [6, 6.07) is 6.58. The molecule has 5 nitrogen and oxygen atoms in total. The molecule has 1 amide bonds. The Morgan fingerprint density at radius 3 is 2.37 bits per heavy atom. The van der Waals surface area contributed by atoms with E-state index in [1.54, 1.807) is 0 Å². The largest absolute Gasteiger partial charge is 0.393 e. The van der Waals surface area contributed by atoms with Crippen LogP contribution in [0.1, 0.15) is 49.7 Å². The highest BCUT2D eigenvalue weighted by atomic mass is 16.3. The van der Waals surface area contributed by atoms with Crippen molar-refractivity contribution in [1.29, 1.82) is 0 Å². The van der Waals surface area contributed by atoms with Gasteiger partial charge in [0.2, 0.25) is 5.91 Å². The first kappa shape index (κ1) is 20.3. The van der Waals surface area contributed by atoms with Gasteiger partial charge in [0.25, 0.3) is 0 Å². The fourth-order valence-electron chi connectivity index (χ4n) is 4.85. The van der Waals surface area contributed by atoms with Gasteiger partial charge in [-0.15, -0.1) is 0 Å². The minimum atomic E-state index is -0.474. The van der Waals surface area contributed by atoms with Gasteiger partial charge in [0, 0.05) is 24.8 Å². The maximum Gasteiger partial charge on any atom is 0.244 e. The van der Waals surface area contributed by atoms with E-state index < -0.39 is 5.54 Å². The van der Waals surface area contributed by atoms with Gasteiger partial charge in [0.05, 0.1) is 6.10 Å². The number of nitrogens with one attached hydrogen (secondary N) is 1. The summed E-state index contributed by atoms with van der Waals surface area (Å²) >= 11 is 0.